The van der Waals surface area contributed by atoms with Gasteiger partial charge in [0.2, 0.25) is 0 Å². The van der Waals surface area contributed by atoms with Crippen molar-refractivity contribution in [2.75, 3.05) is 19.7 Å². The Hall–Kier alpha value is -1.22. The maximum atomic E-state index is 9.57. The summed E-state index contributed by atoms with van der Waals surface area (Å²) in [7, 11) is 0. The topological polar surface area (TPSA) is 32.7 Å². The van der Waals surface area contributed by atoms with Gasteiger partial charge in [-0.15, -0.1) is 0 Å². The van der Waals surface area contributed by atoms with E-state index in [4.69, 9.17) is 4.74 Å². The summed E-state index contributed by atoms with van der Waals surface area (Å²) in [5, 5.41) is 9.57. The number of benzene rings is 1. The van der Waals surface area contributed by atoms with Crippen LogP contribution in [-0.2, 0) is 0 Å². The monoisotopic (exact) mass is 289 g/mol. The maximum absolute atomic E-state index is 9.57. The van der Waals surface area contributed by atoms with Crippen LogP contribution in [0.4, 0.5) is 0 Å². The Kier molecular flexibility index (Phi) is 3.87. The third-order valence-electron chi connectivity index (χ3n) is 5.18. The molecule has 0 bridgehead atoms. The number of hydrogen-bond donors (Lipinski definition) is 1. The van der Waals surface area contributed by atoms with E-state index < -0.39 is 0 Å². The highest BCUT2D eigenvalue weighted by atomic mass is 16.5. The molecule has 2 aliphatic rings. The average Bonchev–Trinajstić information content (AvgIpc) is 2.66. The summed E-state index contributed by atoms with van der Waals surface area (Å²) < 4.78 is 5.78. The van der Waals surface area contributed by atoms with Crippen molar-refractivity contribution in [1.29, 1.82) is 0 Å². The quantitative estimate of drug-likeness (QED) is 0.849. The molecule has 2 heterocycles. The molecule has 1 N–H and O–H groups in total. The van der Waals surface area contributed by atoms with Gasteiger partial charge >= 0.3 is 0 Å². The molecule has 0 aliphatic carbocycles. The molecule has 3 nitrogen and oxygen atoms in total. The summed E-state index contributed by atoms with van der Waals surface area (Å²) in [6, 6.07) is 5.90. The Balaban J connectivity index is 1.72. The minimum absolute atomic E-state index is 0.290. The second-order valence-corrected chi connectivity index (χ2v) is 7.58. The number of phenols is 1. The van der Waals surface area contributed by atoms with Crippen molar-refractivity contribution in [3.8, 4) is 11.5 Å². The van der Waals surface area contributed by atoms with Gasteiger partial charge in [0.15, 0.2) is 0 Å². The van der Waals surface area contributed by atoms with Crippen LogP contribution in [0.25, 0.3) is 0 Å². The number of hydrogen-bond acceptors (Lipinski definition) is 3. The number of nitrogens with zero attached hydrogens (tertiary/aromatic N) is 1. The summed E-state index contributed by atoms with van der Waals surface area (Å²) in [5.41, 5.74) is 1.65. The first-order chi connectivity index (χ1) is 9.95. The number of aromatic hydroxyl groups is 1. The summed E-state index contributed by atoms with van der Waals surface area (Å²) in [6.07, 6.45) is 3.87. The lowest BCUT2D eigenvalue weighted by Gasteiger charge is -2.30. The minimum Gasteiger partial charge on any atom is -0.508 e. The normalized spacial score (nSPS) is 27.0. The van der Waals surface area contributed by atoms with E-state index in [0.29, 0.717) is 11.5 Å². The van der Waals surface area contributed by atoms with E-state index in [0.717, 1.165) is 31.4 Å². The van der Waals surface area contributed by atoms with Crippen LogP contribution in [0.2, 0.25) is 0 Å². The van der Waals surface area contributed by atoms with Gasteiger partial charge in [0.1, 0.15) is 18.1 Å². The molecule has 1 aromatic rings. The van der Waals surface area contributed by atoms with Gasteiger partial charge in [-0.1, -0.05) is 20.8 Å². The molecular weight excluding hydrogens is 262 g/mol. The van der Waals surface area contributed by atoms with Gasteiger partial charge < -0.3 is 9.84 Å². The Morgan fingerprint density at radius 3 is 2.76 bits per heavy atom. The number of phenolic OH excluding ortho intramolecular Hbond substituents is 1. The van der Waals surface area contributed by atoms with E-state index in [1.807, 2.05) is 6.07 Å². The van der Waals surface area contributed by atoms with Gasteiger partial charge in [-0.25, -0.2) is 0 Å². The highest BCUT2D eigenvalue weighted by Crippen LogP contribution is 2.41. The van der Waals surface area contributed by atoms with Gasteiger partial charge in [0.05, 0.1) is 6.04 Å². The van der Waals surface area contributed by atoms with Crippen LogP contribution in [0.5, 0.6) is 11.5 Å². The molecule has 3 heteroatoms. The molecule has 1 saturated heterocycles. The van der Waals surface area contributed by atoms with Crippen molar-refractivity contribution in [2.24, 2.45) is 11.3 Å². The van der Waals surface area contributed by atoms with Gasteiger partial charge in [-0.05, 0) is 55.8 Å². The van der Waals surface area contributed by atoms with Crippen LogP contribution in [0, 0.1) is 11.3 Å². The zero-order valence-electron chi connectivity index (χ0n) is 13.4. The number of fused-ring (bicyclic) bond motifs is 1. The average molecular weight is 289 g/mol. The molecule has 2 unspecified atom stereocenters. The summed E-state index contributed by atoms with van der Waals surface area (Å²) >= 11 is 0. The van der Waals surface area contributed by atoms with Crippen LogP contribution in [-0.4, -0.2) is 29.7 Å². The Morgan fingerprint density at radius 2 is 2.00 bits per heavy atom. The van der Waals surface area contributed by atoms with Crippen LogP contribution < -0.4 is 4.74 Å². The Morgan fingerprint density at radius 1 is 1.19 bits per heavy atom. The van der Waals surface area contributed by atoms with Crippen LogP contribution in [0.3, 0.4) is 0 Å². The van der Waals surface area contributed by atoms with Crippen LogP contribution in [0.15, 0.2) is 18.2 Å². The third-order valence-corrected chi connectivity index (χ3v) is 5.18. The predicted octanol–water partition coefficient (Wildman–Crippen LogP) is 3.97. The lowest BCUT2D eigenvalue weighted by atomic mass is 9.77. The summed E-state index contributed by atoms with van der Waals surface area (Å²) in [4.78, 5) is 2.58. The van der Waals surface area contributed by atoms with E-state index in [9.17, 15) is 5.11 Å². The lowest BCUT2D eigenvalue weighted by Crippen LogP contribution is -2.31. The summed E-state index contributed by atoms with van der Waals surface area (Å²) in [6.45, 7) is 10.1. The summed E-state index contributed by atoms with van der Waals surface area (Å²) in [5.74, 6) is 1.96. The van der Waals surface area contributed by atoms with Crippen molar-refractivity contribution < 1.29 is 9.84 Å². The molecule has 0 amide bonds. The van der Waals surface area contributed by atoms with E-state index in [1.165, 1.54) is 24.8 Å². The second-order valence-electron chi connectivity index (χ2n) is 7.58. The molecule has 1 aromatic carbocycles. The molecule has 21 heavy (non-hydrogen) atoms. The van der Waals surface area contributed by atoms with Crippen molar-refractivity contribution in [2.45, 2.75) is 46.1 Å². The first-order valence-corrected chi connectivity index (χ1v) is 8.15. The van der Waals surface area contributed by atoms with Gasteiger partial charge in [0, 0.05) is 11.6 Å². The predicted molar refractivity (Wildman–Crippen MR) is 84.7 cm³/mol. The Bertz CT molecular complexity index is 506. The molecular formula is C18H27NO2. The Labute approximate surface area is 127 Å². The molecule has 0 saturated carbocycles. The number of rotatable bonds is 1. The van der Waals surface area contributed by atoms with E-state index in [-0.39, 0.29) is 5.75 Å². The van der Waals surface area contributed by atoms with E-state index in [2.05, 4.69) is 25.7 Å². The first-order valence-electron chi connectivity index (χ1n) is 8.15. The van der Waals surface area contributed by atoms with Crippen LogP contribution >= 0.6 is 0 Å². The highest BCUT2D eigenvalue weighted by molar-refractivity contribution is 5.44. The number of ether oxygens (including phenoxy) is 1. The van der Waals surface area contributed by atoms with Crippen molar-refractivity contribution >= 4 is 0 Å². The van der Waals surface area contributed by atoms with Gasteiger partial charge in [-0.2, -0.15) is 0 Å². The zero-order valence-corrected chi connectivity index (χ0v) is 13.4. The molecule has 1 fully saturated rings. The first kappa shape index (κ1) is 14.7. The fraction of sp³-hybridized carbons (Fsp3) is 0.667. The zero-order chi connectivity index (χ0) is 15.0. The second kappa shape index (κ2) is 5.53. The molecule has 0 radical (unpaired) electrons. The molecule has 116 valence electrons. The lowest BCUT2D eigenvalue weighted by molar-refractivity contribution is 0.158. The standard InChI is InChI=1S/C18H27NO2/c1-18(2,3)13-5-4-9-19(10-8-13)16-12-21-17-11-14(20)6-7-15(16)17/h6-7,11,13,16,20H,4-5,8-10,12H2,1-3H3. The minimum atomic E-state index is 0.290. The molecule has 0 aromatic heterocycles. The SMILES string of the molecule is CC(C)(C)C1CCCN(C2COc3cc(O)ccc32)CC1. The smallest absolute Gasteiger partial charge is 0.127 e. The van der Waals surface area contributed by atoms with Gasteiger partial charge in [0.25, 0.3) is 0 Å². The van der Waals surface area contributed by atoms with Crippen molar-refractivity contribution in [3.63, 3.8) is 0 Å². The molecule has 2 atom stereocenters. The van der Waals surface area contributed by atoms with Crippen LogP contribution in [0.1, 0.15) is 51.6 Å². The highest BCUT2D eigenvalue weighted by Gasteiger charge is 2.33. The number of likely N-dealkylation sites (tertiary alicyclic amines) is 1. The largest absolute Gasteiger partial charge is 0.508 e. The van der Waals surface area contributed by atoms with Gasteiger partial charge in [-0.3, -0.25) is 4.90 Å². The van der Waals surface area contributed by atoms with E-state index in [1.54, 1.807) is 12.1 Å². The molecule has 0 spiro atoms. The van der Waals surface area contributed by atoms with E-state index >= 15 is 0 Å². The fourth-order valence-corrected chi connectivity index (χ4v) is 3.78. The van der Waals surface area contributed by atoms with Crippen molar-refractivity contribution in [3.05, 3.63) is 23.8 Å². The molecule has 3 rings (SSSR count). The third kappa shape index (κ3) is 3.03. The molecule has 2 aliphatic heterocycles. The van der Waals surface area contributed by atoms with Crippen molar-refractivity contribution in [1.82, 2.24) is 4.90 Å². The maximum Gasteiger partial charge on any atom is 0.127 e. The fourth-order valence-electron chi connectivity index (χ4n) is 3.78.